The fourth-order valence-electron chi connectivity index (χ4n) is 2.50. The van der Waals surface area contributed by atoms with E-state index in [2.05, 4.69) is 15.6 Å². The van der Waals surface area contributed by atoms with Gasteiger partial charge in [-0.25, -0.2) is 0 Å². The van der Waals surface area contributed by atoms with Crippen LogP contribution in [0, 0.1) is 5.92 Å². The summed E-state index contributed by atoms with van der Waals surface area (Å²) < 4.78 is 0. The van der Waals surface area contributed by atoms with Gasteiger partial charge in [-0.2, -0.15) is 0 Å². The molecule has 0 spiro atoms. The van der Waals surface area contributed by atoms with Gasteiger partial charge in [0.05, 0.1) is 11.6 Å². The molecular formula is C14H18ClN3O. The highest BCUT2D eigenvalue weighted by Gasteiger charge is 2.21. The number of rotatable bonds is 2. The molecule has 3 N–H and O–H groups in total. The van der Waals surface area contributed by atoms with Gasteiger partial charge < -0.3 is 15.6 Å². The van der Waals surface area contributed by atoms with Crippen LogP contribution in [0.5, 0.6) is 0 Å². The zero-order valence-electron chi connectivity index (χ0n) is 10.6. The molecule has 1 aliphatic rings. The smallest absolute Gasteiger partial charge is 0.228 e. The summed E-state index contributed by atoms with van der Waals surface area (Å²) in [4.78, 5) is 15.3. The molecule has 5 heteroatoms. The van der Waals surface area contributed by atoms with Crippen LogP contribution in [0.15, 0.2) is 30.5 Å². The van der Waals surface area contributed by atoms with Gasteiger partial charge in [-0.15, -0.1) is 12.4 Å². The number of piperidine rings is 1. The number of aromatic nitrogens is 1. The van der Waals surface area contributed by atoms with Gasteiger partial charge in [-0.1, -0.05) is 6.07 Å². The quantitative estimate of drug-likeness (QED) is 0.791. The third-order valence-corrected chi connectivity index (χ3v) is 3.52. The van der Waals surface area contributed by atoms with Crippen LogP contribution in [0.3, 0.4) is 0 Å². The molecular weight excluding hydrogens is 262 g/mol. The zero-order valence-corrected chi connectivity index (χ0v) is 11.4. The Hall–Kier alpha value is -1.52. The van der Waals surface area contributed by atoms with Gasteiger partial charge in [0.1, 0.15) is 0 Å². The van der Waals surface area contributed by atoms with Crippen LogP contribution in [-0.4, -0.2) is 24.0 Å². The first-order chi connectivity index (χ1) is 8.84. The van der Waals surface area contributed by atoms with Gasteiger partial charge in [-0.05, 0) is 37.6 Å². The van der Waals surface area contributed by atoms with E-state index >= 15 is 0 Å². The molecule has 0 radical (unpaired) electrons. The number of aromatic amines is 1. The normalized spacial score (nSPS) is 18.8. The summed E-state index contributed by atoms with van der Waals surface area (Å²) in [5.74, 6) is 0.212. The monoisotopic (exact) mass is 279 g/mol. The Morgan fingerprint density at radius 1 is 1.32 bits per heavy atom. The number of anilines is 1. The van der Waals surface area contributed by atoms with Crippen LogP contribution >= 0.6 is 12.4 Å². The molecule has 4 nitrogen and oxygen atoms in total. The van der Waals surface area contributed by atoms with E-state index < -0.39 is 0 Å². The lowest BCUT2D eigenvalue weighted by atomic mass is 9.98. The average Bonchev–Trinajstić information content (AvgIpc) is 2.89. The van der Waals surface area contributed by atoms with E-state index in [1.807, 2.05) is 30.5 Å². The van der Waals surface area contributed by atoms with Crippen LogP contribution in [0.1, 0.15) is 12.8 Å². The maximum absolute atomic E-state index is 12.2. The van der Waals surface area contributed by atoms with Crippen LogP contribution < -0.4 is 10.6 Å². The van der Waals surface area contributed by atoms with E-state index in [-0.39, 0.29) is 24.2 Å². The summed E-state index contributed by atoms with van der Waals surface area (Å²) in [6.07, 6.45) is 3.94. The van der Waals surface area contributed by atoms with Crippen molar-refractivity contribution in [1.82, 2.24) is 10.3 Å². The lowest BCUT2D eigenvalue weighted by molar-refractivity contribution is -0.120. The lowest BCUT2D eigenvalue weighted by Crippen LogP contribution is -2.37. The van der Waals surface area contributed by atoms with Crippen LogP contribution in [0.25, 0.3) is 10.9 Å². The van der Waals surface area contributed by atoms with Crippen molar-refractivity contribution < 1.29 is 4.79 Å². The van der Waals surface area contributed by atoms with Crippen molar-refractivity contribution >= 4 is 34.9 Å². The second kappa shape index (κ2) is 6.08. The van der Waals surface area contributed by atoms with Gasteiger partial charge in [0.15, 0.2) is 0 Å². The molecule has 1 atom stereocenters. The first kappa shape index (κ1) is 13.9. The van der Waals surface area contributed by atoms with Crippen molar-refractivity contribution in [3.8, 4) is 0 Å². The van der Waals surface area contributed by atoms with E-state index in [0.29, 0.717) is 0 Å². The van der Waals surface area contributed by atoms with Gasteiger partial charge in [0.2, 0.25) is 5.91 Å². The summed E-state index contributed by atoms with van der Waals surface area (Å²) in [6.45, 7) is 1.81. The summed E-state index contributed by atoms with van der Waals surface area (Å²) in [5, 5.41) is 7.37. The molecule has 1 saturated heterocycles. The molecule has 102 valence electrons. The molecule has 2 heterocycles. The fraction of sp³-hybridized carbons (Fsp3) is 0.357. The minimum absolute atomic E-state index is 0. The van der Waals surface area contributed by atoms with Crippen molar-refractivity contribution in [2.45, 2.75) is 12.8 Å². The van der Waals surface area contributed by atoms with Crippen molar-refractivity contribution in [2.75, 3.05) is 18.4 Å². The second-order valence-corrected chi connectivity index (χ2v) is 4.78. The van der Waals surface area contributed by atoms with Gasteiger partial charge in [0, 0.05) is 23.6 Å². The summed E-state index contributed by atoms with van der Waals surface area (Å²) in [7, 11) is 0. The van der Waals surface area contributed by atoms with E-state index in [0.717, 1.165) is 42.5 Å². The Balaban J connectivity index is 0.00000133. The van der Waals surface area contributed by atoms with Crippen molar-refractivity contribution in [1.29, 1.82) is 0 Å². The molecule has 0 aliphatic carbocycles. The molecule has 19 heavy (non-hydrogen) atoms. The summed E-state index contributed by atoms with van der Waals surface area (Å²) in [5.41, 5.74) is 1.94. The Kier molecular flexibility index (Phi) is 4.45. The molecule has 1 aliphatic heterocycles. The predicted molar refractivity (Wildman–Crippen MR) is 79.8 cm³/mol. The van der Waals surface area contributed by atoms with Crippen molar-refractivity contribution in [3.05, 3.63) is 30.5 Å². The second-order valence-electron chi connectivity index (χ2n) is 4.78. The van der Waals surface area contributed by atoms with Gasteiger partial charge >= 0.3 is 0 Å². The predicted octanol–water partition coefficient (Wildman–Crippen LogP) is 2.53. The van der Waals surface area contributed by atoms with E-state index in [1.54, 1.807) is 0 Å². The van der Waals surface area contributed by atoms with E-state index in [9.17, 15) is 4.79 Å². The van der Waals surface area contributed by atoms with E-state index in [1.165, 1.54) is 0 Å². The highest BCUT2D eigenvalue weighted by atomic mass is 35.5. The minimum atomic E-state index is 0. The number of H-pyrrole nitrogens is 1. The molecule has 0 saturated carbocycles. The van der Waals surface area contributed by atoms with Crippen LogP contribution in [0.2, 0.25) is 0 Å². The average molecular weight is 280 g/mol. The fourth-order valence-corrected chi connectivity index (χ4v) is 2.50. The Labute approximate surface area is 118 Å². The van der Waals surface area contributed by atoms with Crippen molar-refractivity contribution in [3.63, 3.8) is 0 Å². The topological polar surface area (TPSA) is 56.9 Å². The SMILES string of the molecule is Cl.O=C(Nc1cccc2[nH]ccc12)C1CCCNC1. The molecule has 1 fully saturated rings. The number of nitrogens with one attached hydrogen (secondary N) is 3. The maximum Gasteiger partial charge on any atom is 0.228 e. The minimum Gasteiger partial charge on any atom is -0.361 e. The standard InChI is InChI=1S/C14H17N3O.ClH/c18-14(10-3-2-7-15-9-10)17-13-5-1-4-12-11(13)6-8-16-12;/h1,4-6,8,10,15-16H,2-3,7,9H2,(H,17,18);1H. The summed E-state index contributed by atoms with van der Waals surface area (Å²) >= 11 is 0. The zero-order chi connectivity index (χ0) is 12.4. The van der Waals surface area contributed by atoms with Crippen molar-refractivity contribution in [2.24, 2.45) is 5.92 Å². The first-order valence-electron chi connectivity index (χ1n) is 6.42. The highest BCUT2D eigenvalue weighted by Crippen LogP contribution is 2.23. The Morgan fingerprint density at radius 3 is 3.00 bits per heavy atom. The Bertz CT molecular complexity index is 561. The molecule has 1 amide bonds. The maximum atomic E-state index is 12.2. The number of hydrogen-bond donors (Lipinski definition) is 3. The molecule has 1 unspecified atom stereocenters. The lowest BCUT2D eigenvalue weighted by Gasteiger charge is -2.22. The number of amides is 1. The molecule has 3 rings (SSSR count). The van der Waals surface area contributed by atoms with E-state index in [4.69, 9.17) is 0 Å². The Morgan fingerprint density at radius 2 is 2.21 bits per heavy atom. The summed E-state index contributed by atoms with van der Waals surface area (Å²) in [6, 6.07) is 7.90. The largest absolute Gasteiger partial charge is 0.361 e. The van der Waals surface area contributed by atoms with Crippen LogP contribution in [0.4, 0.5) is 5.69 Å². The number of hydrogen-bond acceptors (Lipinski definition) is 2. The van der Waals surface area contributed by atoms with Gasteiger partial charge in [0.25, 0.3) is 0 Å². The van der Waals surface area contributed by atoms with Gasteiger partial charge in [-0.3, -0.25) is 4.79 Å². The third-order valence-electron chi connectivity index (χ3n) is 3.52. The number of carbonyl (C=O) groups is 1. The molecule has 1 aromatic heterocycles. The number of fused-ring (bicyclic) bond motifs is 1. The number of benzene rings is 1. The molecule has 2 aromatic rings. The molecule has 1 aromatic carbocycles. The number of carbonyl (C=O) groups excluding carboxylic acids is 1. The van der Waals surface area contributed by atoms with Crippen LogP contribution in [-0.2, 0) is 4.79 Å². The third kappa shape index (κ3) is 2.91. The highest BCUT2D eigenvalue weighted by molar-refractivity contribution is 6.02. The number of halogens is 1. The molecule has 0 bridgehead atoms. The first-order valence-corrected chi connectivity index (χ1v) is 6.42.